The number of ether oxygens (including phenoxy) is 2. The Morgan fingerprint density at radius 2 is 1.68 bits per heavy atom. The number of aliphatic carboxylic acids is 2. The Labute approximate surface area is 114 Å². The van der Waals surface area contributed by atoms with Gasteiger partial charge in [0.1, 0.15) is 0 Å². The predicted molar refractivity (Wildman–Crippen MR) is 71.3 cm³/mol. The Balaban J connectivity index is 0. The van der Waals surface area contributed by atoms with Crippen LogP contribution in [0.5, 0.6) is 0 Å². The van der Waals surface area contributed by atoms with Crippen molar-refractivity contribution in [1.29, 1.82) is 0 Å². The quantitative estimate of drug-likeness (QED) is 0.671. The van der Waals surface area contributed by atoms with E-state index in [2.05, 4.69) is 0 Å². The summed E-state index contributed by atoms with van der Waals surface area (Å²) in [7, 11) is 2.95. The lowest BCUT2D eigenvalue weighted by atomic mass is 10.2. The van der Waals surface area contributed by atoms with Crippen LogP contribution in [0.3, 0.4) is 0 Å². The van der Waals surface area contributed by atoms with Crippen molar-refractivity contribution in [2.24, 2.45) is 0 Å². The summed E-state index contributed by atoms with van der Waals surface area (Å²) in [6.07, 6.45) is 2.65. The zero-order chi connectivity index (χ0) is 15.3. The Morgan fingerprint density at radius 3 is 1.89 bits per heavy atom. The number of carbonyl (C=O) groups is 2. The van der Waals surface area contributed by atoms with E-state index in [1.165, 1.54) is 14.2 Å². The number of rotatable bonds is 9. The first-order valence-electron chi connectivity index (χ1n) is 6.42. The number of carboxylic acid groups (broad SMARTS) is 2. The van der Waals surface area contributed by atoms with Gasteiger partial charge in [0.25, 0.3) is 0 Å². The number of hydrogen-bond donors (Lipinski definition) is 2. The highest BCUT2D eigenvalue weighted by molar-refractivity contribution is 5.72. The molecule has 0 aromatic heterocycles. The fourth-order valence-corrected chi connectivity index (χ4v) is 1.32. The predicted octanol–water partition coefficient (Wildman–Crippen LogP) is 2.16. The minimum atomic E-state index is -0.865. The van der Waals surface area contributed by atoms with Gasteiger partial charge in [-0.2, -0.15) is 0 Å². The molecule has 19 heavy (non-hydrogen) atoms. The largest absolute Gasteiger partial charge is 0.481 e. The first kappa shape index (κ1) is 20.2. The highest BCUT2D eigenvalue weighted by atomic mass is 16.5. The Bertz CT molecular complexity index is 237. The van der Waals surface area contributed by atoms with Crippen LogP contribution in [0.4, 0.5) is 0 Å². The number of methoxy groups -OCH3 is 2. The molecule has 0 aliphatic rings. The lowest BCUT2D eigenvalue weighted by Gasteiger charge is -2.07. The second kappa shape index (κ2) is 13.3. The number of hydrogen-bond acceptors (Lipinski definition) is 4. The molecule has 114 valence electrons. The fraction of sp³-hybridized carbons (Fsp3) is 0.846. The van der Waals surface area contributed by atoms with Crippen LogP contribution in [-0.4, -0.2) is 48.6 Å². The number of unbranched alkanes of at least 4 members (excludes halogenated alkanes) is 1. The first-order chi connectivity index (χ1) is 8.92. The molecule has 2 N–H and O–H groups in total. The SMILES string of the molecule is CCC(CC(=O)O)OC.CCCCC(OC)C(=O)O. The van der Waals surface area contributed by atoms with Gasteiger partial charge in [-0.25, -0.2) is 4.79 Å². The number of carboxylic acids is 2. The molecule has 0 saturated carbocycles. The molecule has 0 amide bonds. The zero-order valence-electron chi connectivity index (χ0n) is 12.2. The van der Waals surface area contributed by atoms with Crippen molar-refractivity contribution < 1.29 is 29.3 Å². The van der Waals surface area contributed by atoms with Crippen molar-refractivity contribution in [2.45, 2.75) is 58.2 Å². The molecule has 0 bridgehead atoms. The summed E-state index contributed by atoms with van der Waals surface area (Å²) in [5, 5.41) is 16.7. The molecule has 0 aliphatic heterocycles. The summed E-state index contributed by atoms with van der Waals surface area (Å²) >= 11 is 0. The second-order valence-corrected chi connectivity index (χ2v) is 4.07. The normalized spacial score (nSPS) is 13.1. The van der Waals surface area contributed by atoms with E-state index >= 15 is 0 Å². The van der Waals surface area contributed by atoms with Crippen LogP contribution in [0.15, 0.2) is 0 Å². The molecule has 0 aromatic carbocycles. The van der Waals surface area contributed by atoms with Crippen LogP contribution in [-0.2, 0) is 19.1 Å². The summed E-state index contributed by atoms with van der Waals surface area (Å²) in [6.45, 7) is 3.92. The van der Waals surface area contributed by atoms with E-state index in [4.69, 9.17) is 19.7 Å². The fourth-order valence-electron chi connectivity index (χ4n) is 1.32. The molecule has 6 nitrogen and oxygen atoms in total. The van der Waals surface area contributed by atoms with Gasteiger partial charge in [-0.3, -0.25) is 4.79 Å². The third-order valence-corrected chi connectivity index (χ3v) is 2.57. The smallest absolute Gasteiger partial charge is 0.332 e. The van der Waals surface area contributed by atoms with Crippen molar-refractivity contribution in [3.05, 3.63) is 0 Å². The van der Waals surface area contributed by atoms with Crippen molar-refractivity contribution in [3.8, 4) is 0 Å². The molecule has 2 atom stereocenters. The highest BCUT2D eigenvalue weighted by Gasteiger charge is 2.14. The van der Waals surface area contributed by atoms with Crippen molar-refractivity contribution in [1.82, 2.24) is 0 Å². The van der Waals surface area contributed by atoms with Gasteiger partial charge >= 0.3 is 11.9 Å². The summed E-state index contributed by atoms with van der Waals surface area (Å²) in [5.74, 6) is -1.67. The summed E-state index contributed by atoms with van der Waals surface area (Å²) < 4.78 is 9.54. The molecule has 6 heteroatoms. The van der Waals surface area contributed by atoms with Crippen LogP contribution in [0.25, 0.3) is 0 Å². The Morgan fingerprint density at radius 1 is 1.11 bits per heavy atom. The van der Waals surface area contributed by atoms with Gasteiger partial charge in [-0.05, 0) is 12.8 Å². The van der Waals surface area contributed by atoms with E-state index in [1.807, 2.05) is 13.8 Å². The van der Waals surface area contributed by atoms with E-state index in [9.17, 15) is 9.59 Å². The maximum absolute atomic E-state index is 10.3. The zero-order valence-corrected chi connectivity index (χ0v) is 12.2. The molecular formula is C13H26O6. The summed E-state index contributed by atoms with van der Waals surface area (Å²) in [5.41, 5.74) is 0. The van der Waals surface area contributed by atoms with Crippen LogP contribution >= 0.6 is 0 Å². The average Bonchev–Trinajstić information content (AvgIpc) is 2.37. The maximum atomic E-state index is 10.3. The molecule has 0 radical (unpaired) electrons. The average molecular weight is 278 g/mol. The van der Waals surface area contributed by atoms with Crippen LogP contribution in [0.2, 0.25) is 0 Å². The van der Waals surface area contributed by atoms with E-state index in [0.29, 0.717) is 6.42 Å². The Hall–Kier alpha value is -1.14. The molecule has 2 unspecified atom stereocenters. The summed E-state index contributed by atoms with van der Waals surface area (Å²) in [4.78, 5) is 20.4. The Kier molecular flexibility index (Phi) is 14.1. The monoisotopic (exact) mass is 278 g/mol. The highest BCUT2D eigenvalue weighted by Crippen LogP contribution is 2.03. The molecule has 0 rings (SSSR count). The third kappa shape index (κ3) is 13.1. The van der Waals surface area contributed by atoms with Crippen LogP contribution < -0.4 is 0 Å². The molecular weight excluding hydrogens is 252 g/mol. The molecule has 0 aromatic rings. The summed E-state index contributed by atoms with van der Waals surface area (Å²) in [6, 6.07) is 0. The van der Waals surface area contributed by atoms with E-state index in [0.717, 1.165) is 19.3 Å². The van der Waals surface area contributed by atoms with Crippen LogP contribution in [0.1, 0.15) is 46.0 Å². The van der Waals surface area contributed by atoms with Crippen molar-refractivity contribution >= 4 is 11.9 Å². The van der Waals surface area contributed by atoms with Crippen LogP contribution in [0, 0.1) is 0 Å². The van der Waals surface area contributed by atoms with Gasteiger partial charge in [-0.1, -0.05) is 26.7 Å². The second-order valence-electron chi connectivity index (χ2n) is 4.07. The molecule has 0 fully saturated rings. The molecule has 0 saturated heterocycles. The van der Waals surface area contributed by atoms with Gasteiger partial charge in [-0.15, -0.1) is 0 Å². The standard InChI is InChI=1S/C7H14O3.C6H12O3/c1-3-4-5-6(10-2)7(8)9;1-3-5(9-2)4-6(7)8/h6H,3-5H2,1-2H3,(H,8,9);5H,3-4H2,1-2H3,(H,7,8). The first-order valence-corrected chi connectivity index (χ1v) is 6.42. The van der Waals surface area contributed by atoms with Crippen molar-refractivity contribution in [2.75, 3.05) is 14.2 Å². The lowest BCUT2D eigenvalue weighted by molar-refractivity contribution is -0.149. The minimum Gasteiger partial charge on any atom is -0.481 e. The van der Waals surface area contributed by atoms with E-state index < -0.39 is 18.0 Å². The third-order valence-electron chi connectivity index (χ3n) is 2.57. The van der Waals surface area contributed by atoms with Gasteiger partial charge < -0.3 is 19.7 Å². The molecule has 0 heterocycles. The molecule has 0 aliphatic carbocycles. The van der Waals surface area contributed by atoms with Gasteiger partial charge in [0.15, 0.2) is 6.10 Å². The topological polar surface area (TPSA) is 93.1 Å². The molecule has 0 spiro atoms. The van der Waals surface area contributed by atoms with E-state index in [1.54, 1.807) is 0 Å². The maximum Gasteiger partial charge on any atom is 0.332 e. The lowest BCUT2D eigenvalue weighted by Crippen LogP contribution is -2.21. The van der Waals surface area contributed by atoms with Gasteiger partial charge in [0, 0.05) is 14.2 Å². The minimum absolute atomic E-state index is 0.104. The van der Waals surface area contributed by atoms with E-state index in [-0.39, 0.29) is 12.5 Å². The van der Waals surface area contributed by atoms with Crippen molar-refractivity contribution in [3.63, 3.8) is 0 Å². The van der Waals surface area contributed by atoms with Gasteiger partial charge in [0.2, 0.25) is 0 Å². The van der Waals surface area contributed by atoms with Gasteiger partial charge in [0.05, 0.1) is 12.5 Å².